The fourth-order valence-electron chi connectivity index (χ4n) is 1.94. The molecule has 1 aromatic carbocycles. The first-order valence-electron chi connectivity index (χ1n) is 6.19. The van der Waals surface area contributed by atoms with Crippen LogP contribution < -0.4 is 5.32 Å². The van der Waals surface area contributed by atoms with Crippen molar-refractivity contribution in [3.63, 3.8) is 0 Å². The smallest absolute Gasteiger partial charge is 0.261 e. The number of carbonyl (C=O) groups is 1. The van der Waals surface area contributed by atoms with E-state index in [1.165, 1.54) is 11.3 Å². The molecule has 100 valence electrons. The maximum absolute atomic E-state index is 12.2. The Labute approximate surface area is 126 Å². The largest absolute Gasteiger partial charge is 0.344 e. The van der Waals surface area contributed by atoms with E-state index in [9.17, 15) is 4.79 Å². The number of hydrogen-bond donors (Lipinski definition) is 1. The van der Waals surface area contributed by atoms with Gasteiger partial charge in [-0.05, 0) is 39.5 Å². The number of thiophene rings is 1. The number of rotatable bonds is 4. The molecule has 0 spiro atoms. The topological polar surface area (TPSA) is 29.1 Å². The lowest BCUT2D eigenvalue weighted by Crippen LogP contribution is -2.31. The van der Waals surface area contributed by atoms with Gasteiger partial charge in [-0.3, -0.25) is 4.79 Å². The Morgan fingerprint density at radius 3 is 2.37 bits per heavy atom. The molecule has 1 amide bonds. The summed E-state index contributed by atoms with van der Waals surface area (Å²) in [6.45, 7) is 4.23. The molecule has 19 heavy (non-hydrogen) atoms. The van der Waals surface area contributed by atoms with Gasteiger partial charge in [0.05, 0.1) is 14.7 Å². The van der Waals surface area contributed by atoms with Gasteiger partial charge >= 0.3 is 0 Å². The first-order chi connectivity index (χ1) is 9.08. The molecule has 1 unspecified atom stereocenters. The van der Waals surface area contributed by atoms with Crippen LogP contribution in [0.3, 0.4) is 0 Å². The van der Waals surface area contributed by atoms with E-state index in [-0.39, 0.29) is 11.9 Å². The molecular weight excluding hydrogens is 322 g/mol. The van der Waals surface area contributed by atoms with Crippen molar-refractivity contribution >= 4 is 33.2 Å². The highest BCUT2D eigenvalue weighted by atomic mass is 79.9. The molecule has 0 radical (unpaired) electrons. The van der Waals surface area contributed by atoms with E-state index in [4.69, 9.17) is 0 Å². The molecule has 0 aliphatic carbocycles. The lowest BCUT2D eigenvalue weighted by Gasteiger charge is -2.22. The molecule has 0 bridgehead atoms. The highest BCUT2D eigenvalue weighted by molar-refractivity contribution is 9.11. The second-order valence-corrected chi connectivity index (χ2v) is 7.17. The summed E-state index contributed by atoms with van der Waals surface area (Å²) in [6.07, 6.45) is 0. The van der Waals surface area contributed by atoms with Gasteiger partial charge in [0.25, 0.3) is 5.91 Å². The molecule has 1 aromatic heterocycles. The van der Waals surface area contributed by atoms with Crippen LogP contribution in [0.2, 0.25) is 0 Å². The van der Waals surface area contributed by atoms with Crippen LogP contribution in [0.5, 0.6) is 0 Å². The van der Waals surface area contributed by atoms with Crippen molar-refractivity contribution in [2.45, 2.75) is 19.9 Å². The molecule has 0 aliphatic heterocycles. The maximum Gasteiger partial charge on any atom is 0.261 e. The molecule has 1 N–H and O–H groups in total. The molecule has 0 fully saturated rings. The highest BCUT2D eigenvalue weighted by Gasteiger charge is 2.19. The van der Waals surface area contributed by atoms with Gasteiger partial charge in [-0.1, -0.05) is 44.2 Å². The molecule has 1 heterocycles. The van der Waals surface area contributed by atoms with Crippen molar-refractivity contribution in [1.29, 1.82) is 0 Å². The SMILES string of the molecule is CC(C)C(NC(=O)c1ccc(Br)s1)c1ccccc1. The van der Waals surface area contributed by atoms with E-state index in [1.807, 2.05) is 30.3 Å². The minimum Gasteiger partial charge on any atom is -0.344 e. The maximum atomic E-state index is 12.2. The third-order valence-electron chi connectivity index (χ3n) is 2.91. The van der Waals surface area contributed by atoms with Gasteiger partial charge < -0.3 is 5.32 Å². The molecule has 2 aromatic rings. The second kappa shape index (κ2) is 6.35. The lowest BCUT2D eigenvalue weighted by molar-refractivity contribution is 0.0930. The van der Waals surface area contributed by atoms with Crippen LogP contribution in [-0.2, 0) is 0 Å². The summed E-state index contributed by atoms with van der Waals surface area (Å²) in [5.74, 6) is 0.327. The van der Waals surface area contributed by atoms with Gasteiger partial charge in [0, 0.05) is 0 Å². The summed E-state index contributed by atoms with van der Waals surface area (Å²) < 4.78 is 0.971. The summed E-state index contributed by atoms with van der Waals surface area (Å²) in [6, 6.07) is 13.9. The van der Waals surface area contributed by atoms with Gasteiger partial charge in [0.15, 0.2) is 0 Å². The first kappa shape index (κ1) is 14.3. The summed E-state index contributed by atoms with van der Waals surface area (Å²) in [4.78, 5) is 13.0. The normalized spacial score (nSPS) is 12.4. The van der Waals surface area contributed by atoms with Crippen molar-refractivity contribution < 1.29 is 4.79 Å². The standard InChI is InChI=1S/C15H16BrNOS/c1-10(2)14(11-6-4-3-5-7-11)17-15(18)12-8-9-13(16)19-12/h3-10,14H,1-2H3,(H,17,18). The van der Waals surface area contributed by atoms with Gasteiger partial charge in [-0.15, -0.1) is 11.3 Å². The molecular formula is C15H16BrNOS. The van der Waals surface area contributed by atoms with Crippen molar-refractivity contribution in [2.75, 3.05) is 0 Å². The average Bonchev–Trinajstić information content (AvgIpc) is 2.83. The van der Waals surface area contributed by atoms with Crippen LogP contribution in [0.1, 0.15) is 35.1 Å². The molecule has 0 saturated carbocycles. The number of hydrogen-bond acceptors (Lipinski definition) is 2. The van der Waals surface area contributed by atoms with Gasteiger partial charge in [0.2, 0.25) is 0 Å². The van der Waals surface area contributed by atoms with Crippen molar-refractivity contribution in [2.24, 2.45) is 5.92 Å². The summed E-state index contributed by atoms with van der Waals surface area (Å²) in [5.41, 5.74) is 1.14. The quantitative estimate of drug-likeness (QED) is 0.865. The van der Waals surface area contributed by atoms with E-state index < -0.39 is 0 Å². The third kappa shape index (κ3) is 3.67. The molecule has 0 aliphatic rings. The zero-order valence-corrected chi connectivity index (χ0v) is 13.3. The van der Waals surface area contributed by atoms with Crippen LogP contribution in [-0.4, -0.2) is 5.91 Å². The van der Waals surface area contributed by atoms with Crippen molar-refractivity contribution in [1.82, 2.24) is 5.32 Å². The van der Waals surface area contributed by atoms with E-state index >= 15 is 0 Å². The summed E-state index contributed by atoms with van der Waals surface area (Å²) in [5, 5.41) is 3.11. The van der Waals surface area contributed by atoms with Crippen LogP contribution >= 0.6 is 27.3 Å². The minimum absolute atomic E-state index is 0.0155. The van der Waals surface area contributed by atoms with E-state index in [0.29, 0.717) is 5.92 Å². The Balaban J connectivity index is 2.16. The van der Waals surface area contributed by atoms with E-state index in [1.54, 1.807) is 0 Å². The van der Waals surface area contributed by atoms with Crippen molar-refractivity contribution in [3.8, 4) is 0 Å². The monoisotopic (exact) mass is 337 g/mol. The predicted octanol–water partition coefficient (Wildman–Crippen LogP) is 4.64. The molecule has 0 saturated heterocycles. The fraction of sp³-hybridized carbons (Fsp3) is 0.267. The Hall–Kier alpha value is -1.13. The molecule has 2 nitrogen and oxygen atoms in total. The van der Waals surface area contributed by atoms with E-state index in [0.717, 1.165) is 14.2 Å². The molecule has 2 rings (SSSR count). The van der Waals surface area contributed by atoms with E-state index in [2.05, 4.69) is 47.2 Å². The Morgan fingerprint density at radius 1 is 1.16 bits per heavy atom. The van der Waals surface area contributed by atoms with Crippen molar-refractivity contribution in [3.05, 3.63) is 56.7 Å². The lowest BCUT2D eigenvalue weighted by atomic mass is 9.96. The van der Waals surface area contributed by atoms with Crippen LogP contribution in [0.4, 0.5) is 0 Å². The van der Waals surface area contributed by atoms with Crippen LogP contribution in [0, 0.1) is 5.92 Å². The zero-order valence-electron chi connectivity index (χ0n) is 10.9. The van der Waals surface area contributed by atoms with Gasteiger partial charge in [-0.25, -0.2) is 0 Å². The summed E-state index contributed by atoms with van der Waals surface area (Å²) >= 11 is 4.83. The Bertz CT molecular complexity index is 550. The molecule has 4 heteroatoms. The highest BCUT2D eigenvalue weighted by Crippen LogP contribution is 2.25. The Kier molecular flexibility index (Phi) is 4.77. The fourth-order valence-corrected chi connectivity index (χ4v) is 3.23. The molecule has 1 atom stereocenters. The number of benzene rings is 1. The van der Waals surface area contributed by atoms with Gasteiger partial charge in [-0.2, -0.15) is 0 Å². The van der Waals surface area contributed by atoms with Crippen LogP contribution in [0.15, 0.2) is 46.3 Å². The van der Waals surface area contributed by atoms with Gasteiger partial charge in [0.1, 0.15) is 0 Å². The third-order valence-corrected chi connectivity index (χ3v) is 4.53. The number of amides is 1. The average molecular weight is 338 g/mol. The number of nitrogens with one attached hydrogen (secondary N) is 1. The summed E-state index contributed by atoms with van der Waals surface area (Å²) in [7, 11) is 0. The first-order valence-corrected chi connectivity index (χ1v) is 7.80. The second-order valence-electron chi connectivity index (χ2n) is 4.71. The predicted molar refractivity (Wildman–Crippen MR) is 83.5 cm³/mol. The Morgan fingerprint density at radius 2 is 1.84 bits per heavy atom. The zero-order chi connectivity index (χ0) is 13.8. The van der Waals surface area contributed by atoms with Crippen LogP contribution in [0.25, 0.3) is 0 Å². The number of halogens is 1. The minimum atomic E-state index is -0.0155. The number of carbonyl (C=O) groups excluding carboxylic acids is 1.